The monoisotopic (exact) mass is 646 g/mol. The zero-order valence-electron chi connectivity index (χ0n) is 26.9. The number of anilines is 1. The number of methoxy groups -OCH3 is 4. The highest BCUT2D eigenvalue weighted by atomic mass is 16.7. The summed E-state index contributed by atoms with van der Waals surface area (Å²) in [6.07, 6.45) is 0. The van der Waals surface area contributed by atoms with Crippen molar-refractivity contribution in [2.24, 2.45) is 0 Å². The van der Waals surface area contributed by atoms with E-state index in [1.807, 2.05) is 30.3 Å². The number of ether oxygens (including phenoxy) is 5. The van der Waals surface area contributed by atoms with Crippen molar-refractivity contribution in [3.05, 3.63) is 124 Å². The van der Waals surface area contributed by atoms with Crippen molar-refractivity contribution >= 4 is 33.2 Å². The molecule has 10 heteroatoms. The molecule has 0 unspecified atom stereocenters. The van der Waals surface area contributed by atoms with Gasteiger partial charge in [-0.05, 0) is 81.4 Å². The van der Waals surface area contributed by atoms with Crippen molar-refractivity contribution in [2.75, 3.05) is 34.2 Å². The number of carbonyl (C=O) groups excluding carboxylic acids is 1. The van der Waals surface area contributed by atoms with E-state index in [0.29, 0.717) is 45.2 Å². The second kappa shape index (κ2) is 13.7. The molecule has 1 aromatic heterocycles. The zero-order chi connectivity index (χ0) is 33.8. The number of carbonyl (C=O) groups is 1. The molecule has 48 heavy (non-hydrogen) atoms. The Morgan fingerprint density at radius 3 is 2.06 bits per heavy atom. The molecule has 0 radical (unpaired) electrons. The maximum Gasteiger partial charge on any atom is 0.358 e. The first-order valence-corrected chi connectivity index (χ1v) is 15.0. The normalized spacial score (nSPS) is 10.9. The van der Waals surface area contributed by atoms with Crippen molar-refractivity contribution < 1.29 is 33.3 Å². The van der Waals surface area contributed by atoms with Gasteiger partial charge in [0.05, 0.1) is 33.8 Å². The van der Waals surface area contributed by atoms with Gasteiger partial charge in [0.25, 0.3) is 5.56 Å². The first-order valence-electron chi connectivity index (χ1n) is 15.0. The van der Waals surface area contributed by atoms with Crippen molar-refractivity contribution in [1.29, 1.82) is 0 Å². The standard InChI is InChI=1S/C38H34N2O8/c1-43-32-18-27(19-33(44-2)36(32)45-3)34-30-16-15-29(47-21-24-9-12-25-7-5-6-8-26(25)17-24)20-31(30)37(41)40(35(34)38(42)46-4)48-22-23-10-13-28(39)14-11-23/h5-20H,21-22,39H2,1-4H3. The van der Waals surface area contributed by atoms with Gasteiger partial charge in [-0.1, -0.05) is 48.5 Å². The zero-order valence-corrected chi connectivity index (χ0v) is 26.9. The molecule has 6 aromatic rings. The molecule has 0 aliphatic carbocycles. The van der Waals surface area contributed by atoms with E-state index in [1.165, 1.54) is 28.4 Å². The van der Waals surface area contributed by atoms with Crippen LogP contribution in [0.15, 0.2) is 102 Å². The predicted octanol–water partition coefficient (Wildman–Crippen LogP) is 6.42. The van der Waals surface area contributed by atoms with Crippen LogP contribution >= 0.6 is 0 Å². The number of hydrogen-bond donors (Lipinski definition) is 1. The van der Waals surface area contributed by atoms with Crippen molar-refractivity contribution in [2.45, 2.75) is 13.2 Å². The molecule has 0 spiro atoms. The van der Waals surface area contributed by atoms with Crippen LogP contribution in [0.1, 0.15) is 21.6 Å². The van der Waals surface area contributed by atoms with E-state index >= 15 is 0 Å². The number of pyridine rings is 1. The smallest absolute Gasteiger partial charge is 0.358 e. The summed E-state index contributed by atoms with van der Waals surface area (Å²) in [5.41, 5.74) is 8.29. The van der Waals surface area contributed by atoms with Crippen molar-refractivity contribution in [3.63, 3.8) is 0 Å². The van der Waals surface area contributed by atoms with E-state index in [0.717, 1.165) is 26.6 Å². The quantitative estimate of drug-likeness (QED) is 0.126. The molecule has 0 bridgehead atoms. The third kappa shape index (κ3) is 6.15. The fraction of sp³-hybridized carbons (Fsp3) is 0.158. The molecule has 0 fully saturated rings. The molecule has 0 aliphatic heterocycles. The summed E-state index contributed by atoms with van der Waals surface area (Å²) in [5, 5.41) is 2.94. The van der Waals surface area contributed by atoms with E-state index < -0.39 is 11.5 Å². The molecule has 5 aromatic carbocycles. The SMILES string of the molecule is COC(=O)c1c(-c2cc(OC)c(OC)c(OC)c2)c2ccc(OCc3ccc4ccccc4c3)cc2c(=O)n1OCc1ccc(N)cc1. The van der Waals surface area contributed by atoms with Gasteiger partial charge in [0.1, 0.15) is 19.0 Å². The number of fused-ring (bicyclic) bond motifs is 2. The number of aromatic nitrogens is 1. The molecule has 2 N–H and O–H groups in total. The summed E-state index contributed by atoms with van der Waals surface area (Å²) in [4.78, 5) is 33.9. The Hall–Kier alpha value is -6.16. The fourth-order valence-corrected chi connectivity index (χ4v) is 5.62. The van der Waals surface area contributed by atoms with E-state index in [-0.39, 0.29) is 24.3 Å². The van der Waals surface area contributed by atoms with E-state index in [1.54, 1.807) is 54.6 Å². The summed E-state index contributed by atoms with van der Waals surface area (Å²) in [5.74, 6) is 0.745. The first-order chi connectivity index (χ1) is 23.3. The Labute approximate surface area is 276 Å². The average Bonchev–Trinajstić information content (AvgIpc) is 3.13. The Bertz CT molecular complexity index is 2170. The van der Waals surface area contributed by atoms with E-state index in [2.05, 4.69) is 12.1 Å². The van der Waals surface area contributed by atoms with Gasteiger partial charge in [-0.3, -0.25) is 4.79 Å². The van der Waals surface area contributed by atoms with Crippen LogP contribution in [0, 0.1) is 0 Å². The molecular formula is C38H34N2O8. The summed E-state index contributed by atoms with van der Waals surface area (Å²) in [6, 6.07) is 29.7. The van der Waals surface area contributed by atoms with Gasteiger partial charge in [0.2, 0.25) is 5.75 Å². The van der Waals surface area contributed by atoms with Gasteiger partial charge in [0.15, 0.2) is 17.2 Å². The molecule has 0 atom stereocenters. The Balaban J connectivity index is 1.52. The van der Waals surface area contributed by atoms with Crippen LogP contribution in [0.2, 0.25) is 0 Å². The van der Waals surface area contributed by atoms with Crippen LogP contribution in [-0.4, -0.2) is 39.1 Å². The van der Waals surface area contributed by atoms with Gasteiger partial charge >= 0.3 is 5.97 Å². The summed E-state index contributed by atoms with van der Waals surface area (Å²) < 4.78 is 29.1. The van der Waals surface area contributed by atoms with Crippen molar-refractivity contribution in [3.8, 4) is 34.1 Å². The van der Waals surface area contributed by atoms with Crippen LogP contribution < -0.4 is 35.1 Å². The lowest BCUT2D eigenvalue weighted by molar-refractivity contribution is 0.0467. The van der Waals surface area contributed by atoms with E-state index in [4.69, 9.17) is 34.3 Å². The fourth-order valence-electron chi connectivity index (χ4n) is 5.62. The van der Waals surface area contributed by atoms with Crippen LogP contribution in [0.3, 0.4) is 0 Å². The topological polar surface area (TPSA) is 120 Å². The Morgan fingerprint density at radius 2 is 1.40 bits per heavy atom. The predicted molar refractivity (Wildman–Crippen MR) is 184 cm³/mol. The molecule has 0 aliphatic rings. The summed E-state index contributed by atoms with van der Waals surface area (Å²) in [6.45, 7) is 0.237. The number of esters is 1. The first kappa shape index (κ1) is 31.8. The van der Waals surface area contributed by atoms with Gasteiger partial charge in [0, 0.05) is 11.3 Å². The average molecular weight is 647 g/mol. The lowest BCUT2D eigenvalue weighted by Crippen LogP contribution is -2.33. The number of hydrogen-bond acceptors (Lipinski definition) is 9. The third-order valence-electron chi connectivity index (χ3n) is 8.01. The maximum absolute atomic E-state index is 14.2. The largest absolute Gasteiger partial charge is 0.493 e. The Morgan fingerprint density at radius 1 is 0.708 bits per heavy atom. The van der Waals surface area contributed by atoms with Gasteiger partial charge in [-0.2, -0.15) is 0 Å². The number of nitrogen functional groups attached to an aromatic ring is 1. The maximum atomic E-state index is 14.2. The lowest BCUT2D eigenvalue weighted by Gasteiger charge is -2.20. The molecule has 6 rings (SSSR count). The minimum absolute atomic E-state index is 0.0392. The number of benzene rings is 5. The molecule has 10 nitrogen and oxygen atoms in total. The summed E-state index contributed by atoms with van der Waals surface area (Å²) in [7, 11) is 5.73. The van der Waals surface area contributed by atoms with Gasteiger partial charge < -0.3 is 34.3 Å². The molecule has 0 amide bonds. The van der Waals surface area contributed by atoms with Crippen LogP contribution in [-0.2, 0) is 18.0 Å². The van der Waals surface area contributed by atoms with E-state index in [9.17, 15) is 9.59 Å². The molecule has 0 saturated carbocycles. The minimum Gasteiger partial charge on any atom is -0.493 e. The third-order valence-corrected chi connectivity index (χ3v) is 8.01. The number of rotatable bonds is 11. The van der Waals surface area contributed by atoms with Crippen LogP contribution in [0.25, 0.3) is 32.7 Å². The number of nitrogens with two attached hydrogens (primary N) is 1. The molecular weight excluding hydrogens is 612 g/mol. The van der Waals surface area contributed by atoms with Crippen LogP contribution in [0.4, 0.5) is 5.69 Å². The van der Waals surface area contributed by atoms with Gasteiger partial charge in [-0.25, -0.2) is 4.79 Å². The highest BCUT2D eigenvalue weighted by Crippen LogP contribution is 2.43. The number of nitrogens with zero attached hydrogens (tertiary/aromatic N) is 1. The Kier molecular flexibility index (Phi) is 9.06. The molecule has 244 valence electrons. The van der Waals surface area contributed by atoms with Gasteiger partial charge in [-0.15, -0.1) is 4.73 Å². The lowest BCUT2D eigenvalue weighted by atomic mass is 9.96. The summed E-state index contributed by atoms with van der Waals surface area (Å²) >= 11 is 0. The highest BCUT2D eigenvalue weighted by Gasteiger charge is 2.28. The minimum atomic E-state index is -0.785. The molecule has 0 saturated heterocycles. The second-order valence-electron chi connectivity index (χ2n) is 10.9. The molecule has 1 heterocycles. The van der Waals surface area contributed by atoms with Crippen LogP contribution in [0.5, 0.6) is 23.0 Å². The highest BCUT2D eigenvalue weighted by molar-refractivity contribution is 6.07. The second-order valence-corrected chi connectivity index (χ2v) is 10.9. The van der Waals surface area contributed by atoms with Crippen molar-refractivity contribution in [1.82, 2.24) is 4.73 Å².